The van der Waals surface area contributed by atoms with E-state index in [2.05, 4.69) is 19.2 Å². The van der Waals surface area contributed by atoms with Crippen LogP contribution < -0.4 is 5.32 Å². The van der Waals surface area contributed by atoms with Crippen molar-refractivity contribution in [2.75, 3.05) is 7.11 Å². The van der Waals surface area contributed by atoms with Crippen molar-refractivity contribution in [2.24, 2.45) is 5.92 Å². The summed E-state index contributed by atoms with van der Waals surface area (Å²) < 4.78 is 44.5. The fourth-order valence-corrected chi connectivity index (χ4v) is 3.77. The lowest BCUT2D eigenvalue weighted by molar-refractivity contribution is -0.137. The van der Waals surface area contributed by atoms with Crippen LogP contribution in [-0.2, 0) is 10.9 Å². The van der Waals surface area contributed by atoms with E-state index in [1.807, 2.05) is 18.2 Å². The number of allylic oxidation sites excluding steroid dienone is 3. The van der Waals surface area contributed by atoms with Crippen LogP contribution in [0.25, 0.3) is 0 Å². The maximum absolute atomic E-state index is 13.1. The number of fused-ring (bicyclic) bond motifs is 1. The summed E-state index contributed by atoms with van der Waals surface area (Å²) >= 11 is 0. The predicted molar refractivity (Wildman–Crippen MR) is 87.3 cm³/mol. The van der Waals surface area contributed by atoms with Crippen molar-refractivity contribution in [1.29, 1.82) is 0 Å². The van der Waals surface area contributed by atoms with Gasteiger partial charge in [-0.15, -0.1) is 0 Å². The van der Waals surface area contributed by atoms with Gasteiger partial charge in [0.05, 0.1) is 12.7 Å². The zero-order valence-corrected chi connectivity index (χ0v) is 14.1. The molecule has 1 saturated heterocycles. The van der Waals surface area contributed by atoms with Crippen molar-refractivity contribution in [3.05, 3.63) is 59.0 Å². The molecule has 0 amide bonds. The van der Waals surface area contributed by atoms with Crippen LogP contribution >= 0.6 is 0 Å². The van der Waals surface area contributed by atoms with Crippen molar-refractivity contribution in [3.63, 3.8) is 0 Å². The smallest absolute Gasteiger partial charge is 0.416 e. The summed E-state index contributed by atoms with van der Waals surface area (Å²) in [5.74, 6) is 0.999. The molecule has 3 rings (SSSR count). The van der Waals surface area contributed by atoms with E-state index in [-0.39, 0.29) is 17.4 Å². The first-order valence-electron chi connectivity index (χ1n) is 8.11. The molecule has 2 unspecified atom stereocenters. The molecule has 1 aliphatic heterocycles. The largest absolute Gasteiger partial charge is 0.497 e. The third-order valence-corrected chi connectivity index (χ3v) is 4.85. The van der Waals surface area contributed by atoms with Gasteiger partial charge in [-0.2, -0.15) is 13.2 Å². The molecule has 0 radical (unpaired) electrons. The van der Waals surface area contributed by atoms with Gasteiger partial charge in [-0.3, -0.25) is 0 Å². The molecule has 0 aromatic heterocycles. The van der Waals surface area contributed by atoms with Crippen molar-refractivity contribution in [1.82, 2.24) is 5.32 Å². The molecule has 2 nitrogen and oxygen atoms in total. The maximum Gasteiger partial charge on any atom is 0.416 e. The standard InChI is InChI=1S/C19H22F3NO/c1-18(2)11-16(12-5-4-6-13(9-12)19(20,21)22)15-8-7-14(24-3)10-17(15)23-18/h4-7,9-10,15-16,23H,8,11H2,1-3H3. The fourth-order valence-electron chi connectivity index (χ4n) is 3.77. The van der Waals surface area contributed by atoms with Gasteiger partial charge in [0.1, 0.15) is 5.76 Å². The highest BCUT2D eigenvalue weighted by atomic mass is 19.4. The molecule has 0 spiro atoms. The zero-order chi connectivity index (χ0) is 17.5. The quantitative estimate of drug-likeness (QED) is 0.820. The number of benzene rings is 1. The minimum absolute atomic E-state index is 0.0458. The number of piperidine rings is 1. The van der Waals surface area contributed by atoms with Gasteiger partial charge in [0.15, 0.2) is 0 Å². The molecule has 1 aromatic rings. The van der Waals surface area contributed by atoms with E-state index in [0.717, 1.165) is 35.9 Å². The van der Waals surface area contributed by atoms with Gasteiger partial charge >= 0.3 is 6.18 Å². The topological polar surface area (TPSA) is 21.3 Å². The van der Waals surface area contributed by atoms with Crippen molar-refractivity contribution >= 4 is 0 Å². The van der Waals surface area contributed by atoms with Gasteiger partial charge in [0, 0.05) is 17.2 Å². The van der Waals surface area contributed by atoms with Crippen LogP contribution in [-0.4, -0.2) is 12.6 Å². The number of alkyl halides is 3. The van der Waals surface area contributed by atoms with Gasteiger partial charge in [0.2, 0.25) is 0 Å². The Hall–Kier alpha value is -1.91. The Morgan fingerprint density at radius 2 is 1.96 bits per heavy atom. The summed E-state index contributed by atoms with van der Waals surface area (Å²) in [4.78, 5) is 0. The minimum Gasteiger partial charge on any atom is -0.497 e. The van der Waals surface area contributed by atoms with Crippen LogP contribution in [0.1, 0.15) is 43.7 Å². The lowest BCUT2D eigenvalue weighted by Gasteiger charge is -2.45. The van der Waals surface area contributed by atoms with E-state index in [4.69, 9.17) is 4.74 Å². The maximum atomic E-state index is 13.1. The van der Waals surface area contributed by atoms with E-state index in [9.17, 15) is 13.2 Å². The molecule has 1 heterocycles. The van der Waals surface area contributed by atoms with E-state index in [0.29, 0.717) is 0 Å². The van der Waals surface area contributed by atoms with Crippen molar-refractivity contribution in [3.8, 4) is 0 Å². The Kier molecular flexibility index (Phi) is 4.14. The molecular formula is C19H22F3NO. The Bertz CT molecular complexity index is 688. The SMILES string of the molecule is COC1=CCC2C(=C1)NC(C)(C)CC2c1cccc(C(F)(F)F)c1. The number of nitrogens with one attached hydrogen (secondary N) is 1. The van der Waals surface area contributed by atoms with E-state index in [1.54, 1.807) is 7.11 Å². The monoisotopic (exact) mass is 337 g/mol. The molecule has 130 valence electrons. The first-order chi connectivity index (χ1) is 11.2. The summed E-state index contributed by atoms with van der Waals surface area (Å²) in [6.07, 6.45) is 1.21. The average Bonchev–Trinajstić information content (AvgIpc) is 2.52. The molecule has 5 heteroatoms. The molecule has 1 N–H and O–H groups in total. The number of rotatable bonds is 2. The summed E-state index contributed by atoms with van der Waals surface area (Å²) in [6.45, 7) is 4.16. The van der Waals surface area contributed by atoms with Crippen LogP contribution in [0, 0.1) is 5.92 Å². The van der Waals surface area contributed by atoms with Crippen molar-refractivity contribution in [2.45, 2.75) is 44.3 Å². The minimum atomic E-state index is -4.31. The molecule has 0 bridgehead atoms. The number of halogens is 3. The molecule has 2 aliphatic rings. The summed E-state index contributed by atoms with van der Waals surface area (Å²) in [6, 6.07) is 5.76. The molecule has 2 atom stereocenters. The molecule has 24 heavy (non-hydrogen) atoms. The van der Waals surface area contributed by atoms with E-state index < -0.39 is 11.7 Å². The van der Waals surface area contributed by atoms with Gasteiger partial charge in [0.25, 0.3) is 0 Å². The Morgan fingerprint density at radius 3 is 2.62 bits per heavy atom. The molecule has 1 aliphatic carbocycles. The normalized spacial score (nSPS) is 25.9. The number of ether oxygens (including phenoxy) is 1. The predicted octanol–water partition coefficient (Wildman–Crippen LogP) is 5.00. The van der Waals surface area contributed by atoms with Crippen LogP contribution in [0.5, 0.6) is 0 Å². The lowest BCUT2D eigenvalue weighted by atomic mass is 9.70. The number of hydrogen-bond donors (Lipinski definition) is 1. The highest BCUT2D eigenvalue weighted by molar-refractivity contribution is 5.36. The third kappa shape index (κ3) is 3.30. The fraction of sp³-hybridized carbons (Fsp3) is 0.474. The molecule has 1 fully saturated rings. The second-order valence-corrected chi connectivity index (χ2v) is 7.20. The second-order valence-electron chi connectivity index (χ2n) is 7.20. The highest BCUT2D eigenvalue weighted by Crippen LogP contribution is 2.45. The van der Waals surface area contributed by atoms with Crippen molar-refractivity contribution < 1.29 is 17.9 Å². The summed E-state index contributed by atoms with van der Waals surface area (Å²) in [5.41, 5.74) is 1.04. The average molecular weight is 337 g/mol. The first-order valence-corrected chi connectivity index (χ1v) is 8.11. The molecule has 0 saturated carbocycles. The Balaban J connectivity index is 1.98. The summed E-state index contributed by atoms with van der Waals surface area (Å²) in [5, 5.41) is 3.52. The van der Waals surface area contributed by atoms with Crippen LogP contribution in [0.3, 0.4) is 0 Å². The lowest BCUT2D eigenvalue weighted by Crippen LogP contribution is -2.48. The third-order valence-electron chi connectivity index (χ3n) is 4.85. The second kappa shape index (κ2) is 5.87. The van der Waals surface area contributed by atoms with Gasteiger partial charge < -0.3 is 10.1 Å². The zero-order valence-electron chi connectivity index (χ0n) is 14.1. The number of methoxy groups -OCH3 is 1. The highest BCUT2D eigenvalue weighted by Gasteiger charge is 2.40. The van der Waals surface area contributed by atoms with Crippen LogP contribution in [0.4, 0.5) is 13.2 Å². The van der Waals surface area contributed by atoms with Gasteiger partial charge in [-0.1, -0.05) is 18.2 Å². The number of hydrogen-bond acceptors (Lipinski definition) is 2. The molecular weight excluding hydrogens is 315 g/mol. The Morgan fingerprint density at radius 1 is 1.21 bits per heavy atom. The van der Waals surface area contributed by atoms with E-state index >= 15 is 0 Å². The first kappa shape index (κ1) is 16.9. The Labute approximate surface area is 140 Å². The summed E-state index contributed by atoms with van der Waals surface area (Å²) in [7, 11) is 1.63. The van der Waals surface area contributed by atoms with Crippen LogP contribution in [0.15, 0.2) is 47.9 Å². The van der Waals surface area contributed by atoms with Gasteiger partial charge in [-0.25, -0.2) is 0 Å². The van der Waals surface area contributed by atoms with Crippen LogP contribution in [0.2, 0.25) is 0 Å². The van der Waals surface area contributed by atoms with E-state index in [1.165, 1.54) is 12.1 Å². The molecule has 1 aromatic carbocycles. The van der Waals surface area contributed by atoms with Gasteiger partial charge in [-0.05, 0) is 56.4 Å².